The molecular weight excluding hydrogens is 383 g/mol. The Balaban J connectivity index is 1.39. The normalized spacial score (nSPS) is 18.1. The second-order valence-electron chi connectivity index (χ2n) is 6.66. The molecule has 0 aromatic heterocycles. The first-order chi connectivity index (χ1) is 13.4. The summed E-state index contributed by atoms with van der Waals surface area (Å²) in [6, 6.07) is 12.7. The maximum atomic E-state index is 13.1. The molecule has 9 heteroatoms. The predicted octanol–water partition coefficient (Wildman–Crippen LogP) is 2.08. The standard InChI is InChI=1S/C19H19FN4O3S/c20-14-5-7-15(8-6-14)23-9-11-24(12-10-23)19(25)13-18-21-16-3-1-2-4-17(16)28(26,27)22-18/h1-8H,9-13H2,(H,21,22). The molecule has 1 fully saturated rings. The number of anilines is 2. The van der Waals surface area contributed by atoms with E-state index in [2.05, 4.69) is 14.6 Å². The molecule has 2 aromatic rings. The van der Waals surface area contributed by atoms with E-state index in [0.717, 1.165) is 5.69 Å². The van der Waals surface area contributed by atoms with Crippen LogP contribution in [0.1, 0.15) is 6.42 Å². The fourth-order valence-corrected chi connectivity index (χ4v) is 4.51. The topological polar surface area (TPSA) is 82.1 Å². The third-order valence-electron chi connectivity index (χ3n) is 4.82. The van der Waals surface area contributed by atoms with Gasteiger partial charge in [-0.3, -0.25) is 4.79 Å². The van der Waals surface area contributed by atoms with Crippen LogP contribution in [0.5, 0.6) is 0 Å². The molecule has 2 aromatic carbocycles. The van der Waals surface area contributed by atoms with Crippen molar-refractivity contribution in [3.05, 3.63) is 54.3 Å². The van der Waals surface area contributed by atoms with Gasteiger partial charge < -0.3 is 15.1 Å². The highest BCUT2D eigenvalue weighted by Crippen LogP contribution is 2.27. The molecule has 0 aliphatic carbocycles. The summed E-state index contributed by atoms with van der Waals surface area (Å²) in [5.74, 6) is -0.334. The largest absolute Gasteiger partial charge is 0.368 e. The molecule has 4 rings (SSSR count). The fraction of sp³-hybridized carbons (Fsp3) is 0.263. The number of sulfonamides is 1. The van der Waals surface area contributed by atoms with Gasteiger partial charge in [0, 0.05) is 31.9 Å². The number of nitrogens with zero attached hydrogens (tertiary/aromatic N) is 3. The molecule has 1 saturated heterocycles. The monoisotopic (exact) mass is 402 g/mol. The average molecular weight is 402 g/mol. The van der Waals surface area contributed by atoms with Crippen LogP contribution in [-0.2, 0) is 14.8 Å². The van der Waals surface area contributed by atoms with Crippen LogP contribution in [0.2, 0.25) is 0 Å². The zero-order valence-electron chi connectivity index (χ0n) is 15.0. The number of para-hydroxylation sites is 1. The molecule has 2 aliphatic heterocycles. The Kier molecular flexibility index (Phi) is 4.76. The van der Waals surface area contributed by atoms with Gasteiger partial charge in [-0.25, -0.2) is 4.39 Å². The first-order valence-corrected chi connectivity index (χ1v) is 10.3. The summed E-state index contributed by atoms with van der Waals surface area (Å²) in [6.45, 7) is 2.26. The molecule has 7 nitrogen and oxygen atoms in total. The van der Waals surface area contributed by atoms with Crippen LogP contribution < -0.4 is 10.2 Å². The van der Waals surface area contributed by atoms with Crippen molar-refractivity contribution in [1.82, 2.24) is 4.90 Å². The van der Waals surface area contributed by atoms with Gasteiger partial charge >= 0.3 is 0 Å². The van der Waals surface area contributed by atoms with Crippen LogP contribution in [0.15, 0.2) is 57.8 Å². The van der Waals surface area contributed by atoms with E-state index in [1.807, 2.05) is 0 Å². The van der Waals surface area contributed by atoms with Gasteiger partial charge in [0.1, 0.15) is 16.5 Å². The van der Waals surface area contributed by atoms with Crippen molar-refractivity contribution in [2.24, 2.45) is 4.40 Å². The summed E-state index contributed by atoms with van der Waals surface area (Å²) in [6.07, 6.45) is -0.107. The Morgan fingerprint density at radius 2 is 1.71 bits per heavy atom. The number of halogens is 1. The van der Waals surface area contributed by atoms with E-state index in [1.165, 1.54) is 18.2 Å². The number of hydrogen-bond acceptors (Lipinski definition) is 5. The van der Waals surface area contributed by atoms with E-state index >= 15 is 0 Å². The molecule has 2 heterocycles. The van der Waals surface area contributed by atoms with E-state index in [9.17, 15) is 17.6 Å². The van der Waals surface area contributed by atoms with E-state index in [1.54, 1.807) is 35.2 Å². The first kappa shape index (κ1) is 18.4. The Morgan fingerprint density at radius 1 is 1.04 bits per heavy atom. The molecular formula is C19H19FN4O3S. The number of hydrogen-bond donors (Lipinski definition) is 1. The van der Waals surface area contributed by atoms with Crippen LogP contribution in [0.3, 0.4) is 0 Å². The molecule has 0 saturated carbocycles. The van der Waals surface area contributed by atoms with E-state index in [-0.39, 0.29) is 28.9 Å². The molecule has 0 spiro atoms. The van der Waals surface area contributed by atoms with Crippen LogP contribution >= 0.6 is 0 Å². The summed E-state index contributed by atoms with van der Waals surface area (Å²) in [7, 11) is -3.80. The van der Waals surface area contributed by atoms with Crippen molar-refractivity contribution >= 4 is 33.1 Å². The molecule has 0 atom stereocenters. The van der Waals surface area contributed by atoms with Crippen molar-refractivity contribution in [2.45, 2.75) is 11.3 Å². The minimum Gasteiger partial charge on any atom is -0.368 e. The van der Waals surface area contributed by atoms with Gasteiger partial charge in [-0.1, -0.05) is 12.1 Å². The van der Waals surface area contributed by atoms with Crippen molar-refractivity contribution in [2.75, 3.05) is 36.4 Å². The van der Waals surface area contributed by atoms with Crippen LogP contribution in [0.25, 0.3) is 0 Å². The fourth-order valence-electron chi connectivity index (χ4n) is 3.36. The minimum absolute atomic E-state index is 0.107. The van der Waals surface area contributed by atoms with Crippen molar-refractivity contribution in [3.63, 3.8) is 0 Å². The van der Waals surface area contributed by atoms with Crippen molar-refractivity contribution < 1.29 is 17.6 Å². The van der Waals surface area contributed by atoms with Gasteiger partial charge in [-0.05, 0) is 36.4 Å². The van der Waals surface area contributed by atoms with Gasteiger partial charge in [0.2, 0.25) is 5.91 Å². The molecule has 2 aliphatic rings. The van der Waals surface area contributed by atoms with Crippen LogP contribution in [0.4, 0.5) is 15.8 Å². The minimum atomic E-state index is -3.80. The Labute approximate surface area is 162 Å². The molecule has 0 bridgehead atoms. The third kappa shape index (κ3) is 3.70. The van der Waals surface area contributed by atoms with Gasteiger partial charge in [-0.15, -0.1) is 4.40 Å². The Morgan fingerprint density at radius 3 is 2.43 bits per heavy atom. The average Bonchev–Trinajstić information content (AvgIpc) is 2.68. The SMILES string of the molecule is O=C(CC1=NS(=O)(=O)c2ccccc2N1)N1CCN(c2ccc(F)cc2)CC1. The third-order valence-corrected chi connectivity index (χ3v) is 6.19. The van der Waals surface area contributed by atoms with E-state index < -0.39 is 10.0 Å². The molecule has 28 heavy (non-hydrogen) atoms. The van der Waals surface area contributed by atoms with Crippen molar-refractivity contribution in [3.8, 4) is 0 Å². The first-order valence-electron chi connectivity index (χ1n) is 8.90. The number of amidine groups is 1. The number of fused-ring (bicyclic) bond motifs is 1. The summed E-state index contributed by atoms with van der Waals surface area (Å²) in [5, 5.41) is 2.94. The number of amides is 1. The van der Waals surface area contributed by atoms with E-state index in [0.29, 0.717) is 31.9 Å². The lowest BCUT2D eigenvalue weighted by molar-refractivity contribution is -0.130. The molecule has 146 valence electrons. The quantitative estimate of drug-likeness (QED) is 0.850. The lowest BCUT2D eigenvalue weighted by Crippen LogP contribution is -2.49. The Hall–Kier alpha value is -2.94. The highest BCUT2D eigenvalue weighted by Gasteiger charge is 2.28. The molecule has 0 radical (unpaired) electrons. The predicted molar refractivity (Wildman–Crippen MR) is 104 cm³/mol. The number of carbonyl (C=O) groups excluding carboxylic acids is 1. The summed E-state index contributed by atoms with van der Waals surface area (Å²) < 4.78 is 41.4. The summed E-state index contributed by atoms with van der Waals surface area (Å²) in [4.78, 5) is 16.5. The lowest BCUT2D eigenvalue weighted by Gasteiger charge is -2.36. The maximum Gasteiger partial charge on any atom is 0.286 e. The smallest absolute Gasteiger partial charge is 0.286 e. The van der Waals surface area contributed by atoms with Gasteiger partial charge in [-0.2, -0.15) is 8.42 Å². The molecule has 1 N–H and O–H groups in total. The van der Waals surface area contributed by atoms with Crippen LogP contribution in [-0.4, -0.2) is 51.2 Å². The zero-order chi connectivity index (χ0) is 19.7. The highest BCUT2D eigenvalue weighted by atomic mass is 32.2. The zero-order valence-corrected chi connectivity index (χ0v) is 15.8. The van der Waals surface area contributed by atoms with E-state index in [4.69, 9.17) is 0 Å². The summed E-state index contributed by atoms with van der Waals surface area (Å²) in [5.41, 5.74) is 1.34. The summed E-state index contributed by atoms with van der Waals surface area (Å²) >= 11 is 0. The second kappa shape index (κ2) is 7.23. The van der Waals surface area contributed by atoms with Gasteiger partial charge in [0.15, 0.2) is 0 Å². The maximum absolute atomic E-state index is 13.1. The Bertz CT molecular complexity index is 1030. The van der Waals surface area contributed by atoms with Gasteiger partial charge in [0.25, 0.3) is 10.0 Å². The second-order valence-corrected chi connectivity index (χ2v) is 8.23. The number of carbonyl (C=O) groups is 1. The number of rotatable bonds is 3. The number of nitrogens with one attached hydrogen (secondary N) is 1. The van der Waals surface area contributed by atoms with Gasteiger partial charge in [0.05, 0.1) is 12.1 Å². The highest BCUT2D eigenvalue weighted by molar-refractivity contribution is 7.90. The number of piperazine rings is 1. The van der Waals surface area contributed by atoms with Crippen LogP contribution in [0, 0.1) is 5.82 Å². The van der Waals surface area contributed by atoms with Crippen molar-refractivity contribution in [1.29, 1.82) is 0 Å². The number of benzene rings is 2. The molecule has 1 amide bonds. The lowest BCUT2D eigenvalue weighted by atomic mass is 10.2. The molecule has 0 unspecified atom stereocenters.